The summed E-state index contributed by atoms with van der Waals surface area (Å²) in [5.74, 6) is -0.588. The normalized spacial score (nSPS) is 10.3. The fourth-order valence-electron chi connectivity index (χ4n) is 2.42. The summed E-state index contributed by atoms with van der Waals surface area (Å²) in [6.45, 7) is 0. The summed E-state index contributed by atoms with van der Waals surface area (Å²) >= 11 is 0. The van der Waals surface area contributed by atoms with E-state index in [0.717, 1.165) is 16.8 Å². The summed E-state index contributed by atoms with van der Waals surface area (Å²) in [6, 6.07) is 19.8. The van der Waals surface area contributed by atoms with Crippen molar-refractivity contribution in [2.24, 2.45) is 0 Å². The van der Waals surface area contributed by atoms with Gasteiger partial charge in [-0.1, -0.05) is 36.4 Å². The molecule has 0 aromatic heterocycles. The van der Waals surface area contributed by atoms with Gasteiger partial charge in [0, 0.05) is 11.3 Å². The van der Waals surface area contributed by atoms with Crippen LogP contribution in [0.25, 0.3) is 11.1 Å². The zero-order chi connectivity index (χ0) is 16.2. The molecular weight excluding hydrogens is 290 g/mol. The average Bonchev–Trinajstić information content (AvgIpc) is 2.87. The Labute approximate surface area is 134 Å². The van der Waals surface area contributed by atoms with E-state index in [1.807, 2.05) is 36.4 Å². The molecule has 0 saturated carbocycles. The fourth-order valence-corrected chi connectivity index (χ4v) is 2.42. The molecule has 1 N–H and O–H groups in total. The van der Waals surface area contributed by atoms with Crippen molar-refractivity contribution in [3.63, 3.8) is 0 Å². The van der Waals surface area contributed by atoms with Crippen LogP contribution in [0.3, 0.4) is 0 Å². The van der Waals surface area contributed by atoms with Crippen LogP contribution in [0.4, 0.5) is 5.69 Å². The van der Waals surface area contributed by atoms with E-state index in [2.05, 4.69) is 5.32 Å². The van der Waals surface area contributed by atoms with Crippen molar-refractivity contribution < 1.29 is 14.3 Å². The third kappa shape index (κ3) is 3.06. The number of carbonyl (C=O) groups is 2. The zero-order valence-corrected chi connectivity index (χ0v) is 12.6. The van der Waals surface area contributed by atoms with E-state index >= 15 is 0 Å². The predicted octanol–water partition coefficient (Wildman–Crippen LogP) is 3.83. The van der Waals surface area contributed by atoms with Crippen LogP contribution in [0.1, 0.15) is 20.7 Å². The molecule has 2 aliphatic rings. The van der Waals surface area contributed by atoms with Crippen molar-refractivity contribution >= 4 is 17.6 Å². The van der Waals surface area contributed by atoms with E-state index in [4.69, 9.17) is 4.74 Å². The van der Waals surface area contributed by atoms with E-state index in [-0.39, 0.29) is 5.91 Å². The molecule has 0 radical (unpaired) electrons. The maximum Gasteiger partial charge on any atom is 0.337 e. The van der Waals surface area contributed by atoms with Crippen LogP contribution in [0, 0.1) is 0 Å². The van der Waals surface area contributed by atoms with Gasteiger partial charge < -0.3 is 10.1 Å². The summed E-state index contributed by atoms with van der Waals surface area (Å²) in [4.78, 5) is 24.1. The second-order valence-corrected chi connectivity index (χ2v) is 5.05. The minimum Gasteiger partial charge on any atom is -0.465 e. The first-order valence-electron chi connectivity index (χ1n) is 7.16. The fraction of sp³-hybridized carbons (Fsp3) is 0.0526. The van der Waals surface area contributed by atoms with Gasteiger partial charge in [-0.25, -0.2) is 4.79 Å². The third-order valence-electron chi connectivity index (χ3n) is 3.60. The SMILES string of the molecule is COC(=O)c1ccc2ccc(C(=O)Nc3ccccc3)c-2cc1. The molecule has 0 saturated heterocycles. The van der Waals surface area contributed by atoms with Crippen LogP contribution < -0.4 is 5.32 Å². The molecule has 0 unspecified atom stereocenters. The van der Waals surface area contributed by atoms with Crippen molar-refractivity contribution in [1.29, 1.82) is 0 Å². The number of para-hydroxylation sites is 1. The van der Waals surface area contributed by atoms with Gasteiger partial charge in [0.25, 0.3) is 5.91 Å². The van der Waals surface area contributed by atoms with Gasteiger partial charge in [-0.05, 0) is 41.5 Å². The van der Waals surface area contributed by atoms with Gasteiger partial charge in [0.1, 0.15) is 0 Å². The molecule has 0 spiro atoms. The highest BCUT2D eigenvalue weighted by Crippen LogP contribution is 2.28. The number of fused-ring (bicyclic) bond motifs is 1. The largest absolute Gasteiger partial charge is 0.465 e. The van der Waals surface area contributed by atoms with Gasteiger partial charge in [-0.3, -0.25) is 4.79 Å². The number of carbonyl (C=O) groups excluding carboxylic acids is 2. The van der Waals surface area contributed by atoms with Gasteiger partial charge in [-0.15, -0.1) is 0 Å². The predicted molar refractivity (Wildman–Crippen MR) is 88.8 cm³/mol. The molecule has 114 valence electrons. The standard InChI is InChI=1S/C19H15NO3/c1-23-19(22)14-8-7-13-9-12-17(16(13)11-10-14)18(21)20-15-5-3-2-4-6-15/h2-12H,1H3,(H,20,21). The summed E-state index contributed by atoms with van der Waals surface area (Å²) in [5, 5.41) is 2.86. The Morgan fingerprint density at radius 1 is 0.870 bits per heavy atom. The van der Waals surface area contributed by atoms with Crippen LogP contribution in [0.15, 0.2) is 66.7 Å². The summed E-state index contributed by atoms with van der Waals surface area (Å²) in [5.41, 5.74) is 3.42. The van der Waals surface area contributed by atoms with Gasteiger partial charge in [-0.2, -0.15) is 0 Å². The van der Waals surface area contributed by atoms with E-state index in [0.29, 0.717) is 11.1 Å². The Balaban J connectivity index is 1.93. The van der Waals surface area contributed by atoms with Crippen LogP contribution in [0.5, 0.6) is 0 Å². The minimum atomic E-state index is -0.405. The molecular formula is C19H15NO3. The van der Waals surface area contributed by atoms with Gasteiger partial charge in [0.15, 0.2) is 0 Å². The molecule has 0 heterocycles. The number of methoxy groups -OCH3 is 1. The highest BCUT2D eigenvalue weighted by Gasteiger charge is 2.16. The second-order valence-electron chi connectivity index (χ2n) is 5.05. The molecule has 23 heavy (non-hydrogen) atoms. The number of hydrogen-bond donors (Lipinski definition) is 1. The van der Waals surface area contributed by atoms with E-state index in [1.165, 1.54) is 7.11 Å². The summed E-state index contributed by atoms with van der Waals surface area (Å²) in [7, 11) is 1.34. The molecule has 4 heteroatoms. The van der Waals surface area contributed by atoms with Crippen molar-refractivity contribution in [2.45, 2.75) is 0 Å². The van der Waals surface area contributed by atoms with Crippen LogP contribution in [-0.2, 0) is 4.74 Å². The maximum atomic E-state index is 12.5. The van der Waals surface area contributed by atoms with Crippen LogP contribution in [0.2, 0.25) is 0 Å². The van der Waals surface area contributed by atoms with Gasteiger partial charge in [0.2, 0.25) is 0 Å². The van der Waals surface area contributed by atoms with E-state index < -0.39 is 5.97 Å². The molecule has 0 aliphatic heterocycles. The topological polar surface area (TPSA) is 55.4 Å². The number of rotatable bonds is 3. The van der Waals surface area contributed by atoms with E-state index in [9.17, 15) is 9.59 Å². The second kappa shape index (κ2) is 6.32. The van der Waals surface area contributed by atoms with E-state index in [1.54, 1.807) is 30.3 Å². The highest BCUT2D eigenvalue weighted by atomic mass is 16.5. The first-order valence-corrected chi connectivity index (χ1v) is 7.16. The van der Waals surface area contributed by atoms with Crippen molar-refractivity contribution in [3.8, 4) is 11.1 Å². The Bertz CT molecular complexity index is 827. The number of benzene rings is 1. The Morgan fingerprint density at radius 3 is 2.30 bits per heavy atom. The highest BCUT2D eigenvalue weighted by molar-refractivity contribution is 6.09. The lowest BCUT2D eigenvalue weighted by Gasteiger charge is -2.05. The van der Waals surface area contributed by atoms with Crippen LogP contribution in [-0.4, -0.2) is 19.0 Å². The number of hydrogen-bond acceptors (Lipinski definition) is 3. The Hall–Kier alpha value is -3.14. The number of esters is 1. The number of anilines is 1. The molecule has 0 atom stereocenters. The van der Waals surface area contributed by atoms with Crippen molar-refractivity contribution in [2.75, 3.05) is 12.4 Å². The molecule has 0 bridgehead atoms. The number of nitrogens with one attached hydrogen (secondary N) is 1. The maximum absolute atomic E-state index is 12.5. The Kier molecular flexibility index (Phi) is 4.06. The molecule has 1 amide bonds. The first-order chi connectivity index (χ1) is 11.2. The number of ether oxygens (including phenoxy) is 1. The molecule has 1 aromatic carbocycles. The quantitative estimate of drug-likeness (QED) is 0.748. The average molecular weight is 305 g/mol. The van der Waals surface area contributed by atoms with Crippen molar-refractivity contribution in [3.05, 3.63) is 77.9 Å². The van der Waals surface area contributed by atoms with Crippen LogP contribution >= 0.6 is 0 Å². The molecule has 2 aliphatic carbocycles. The van der Waals surface area contributed by atoms with Gasteiger partial charge >= 0.3 is 5.97 Å². The lowest BCUT2D eigenvalue weighted by atomic mass is 10.1. The molecule has 4 nitrogen and oxygen atoms in total. The zero-order valence-electron chi connectivity index (χ0n) is 12.6. The van der Waals surface area contributed by atoms with Gasteiger partial charge in [0.05, 0.1) is 12.7 Å². The molecule has 0 fully saturated rings. The summed E-state index contributed by atoms with van der Waals surface area (Å²) < 4.78 is 4.72. The minimum absolute atomic E-state index is 0.183. The first kappa shape index (κ1) is 14.8. The lowest BCUT2D eigenvalue weighted by molar-refractivity contribution is 0.0600. The molecule has 3 rings (SSSR count). The molecule has 1 aromatic rings. The lowest BCUT2D eigenvalue weighted by Crippen LogP contribution is -2.11. The smallest absolute Gasteiger partial charge is 0.337 e. The third-order valence-corrected chi connectivity index (χ3v) is 3.60. The van der Waals surface area contributed by atoms with Crippen molar-refractivity contribution in [1.82, 2.24) is 0 Å². The Morgan fingerprint density at radius 2 is 1.57 bits per heavy atom. The number of amides is 1. The summed E-state index contributed by atoms with van der Waals surface area (Å²) in [6.07, 6.45) is 0. The monoisotopic (exact) mass is 305 g/mol.